The molecule has 2 atom stereocenters. The number of ether oxygens (including phenoxy) is 2. The van der Waals surface area contributed by atoms with E-state index in [0.29, 0.717) is 6.42 Å². The standard InChI is InChI=1S/C18H20O4/c1-12(21-13(2)19)10-18(22-14(3)20)17-9-8-15-6-4-5-7-16(15)11-17/h4-9,11-12,18H,10H2,1-3H3/t12-,18-/m1/s1. The number of rotatable bonds is 5. The van der Waals surface area contributed by atoms with Crippen LogP contribution >= 0.6 is 0 Å². The van der Waals surface area contributed by atoms with Crippen molar-refractivity contribution in [3.63, 3.8) is 0 Å². The summed E-state index contributed by atoms with van der Waals surface area (Å²) in [5.74, 6) is -0.694. The topological polar surface area (TPSA) is 52.6 Å². The molecule has 0 saturated heterocycles. The first-order chi connectivity index (χ1) is 10.5. The molecular formula is C18H20O4. The molecule has 0 N–H and O–H groups in total. The van der Waals surface area contributed by atoms with Crippen LogP contribution in [-0.2, 0) is 19.1 Å². The van der Waals surface area contributed by atoms with Gasteiger partial charge in [-0.2, -0.15) is 0 Å². The molecule has 0 bridgehead atoms. The number of benzene rings is 2. The molecule has 2 rings (SSSR count). The maximum absolute atomic E-state index is 11.4. The van der Waals surface area contributed by atoms with Crippen LogP contribution in [-0.4, -0.2) is 18.0 Å². The zero-order chi connectivity index (χ0) is 16.1. The highest BCUT2D eigenvalue weighted by atomic mass is 16.6. The second-order valence-corrected chi connectivity index (χ2v) is 5.36. The van der Waals surface area contributed by atoms with E-state index in [9.17, 15) is 9.59 Å². The van der Waals surface area contributed by atoms with E-state index in [1.54, 1.807) is 6.92 Å². The third-order valence-electron chi connectivity index (χ3n) is 3.37. The Balaban J connectivity index is 2.25. The van der Waals surface area contributed by atoms with Crippen LogP contribution < -0.4 is 0 Å². The van der Waals surface area contributed by atoms with E-state index < -0.39 is 6.10 Å². The number of hydrogen-bond acceptors (Lipinski definition) is 4. The third kappa shape index (κ3) is 4.32. The van der Waals surface area contributed by atoms with Crippen molar-refractivity contribution in [3.05, 3.63) is 48.0 Å². The van der Waals surface area contributed by atoms with Gasteiger partial charge in [-0.1, -0.05) is 36.4 Å². The summed E-state index contributed by atoms with van der Waals surface area (Å²) in [7, 11) is 0. The molecular weight excluding hydrogens is 280 g/mol. The summed E-state index contributed by atoms with van der Waals surface area (Å²) in [5.41, 5.74) is 0.896. The Labute approximate surface area is 130 Å². The second kappa shape index (κ2) is 7.07. The van der Waals surface area contributed by atoms with Gasteiger partial charge < -0.3 is 9.47 Å². The van der Waals surface area contributed by atoms with Crippen LogP contribution in [0, 0.1) is 0 Å². The highest BCUT2D eigenvalue weighted by molar-refractivity contribution is 5.83. The van der Waals surface area contributed by atoms with E-state index in [1.165, 1.54) is 13.8 Å². The molecule has 0 radical (unpaired) electrons. The molecule has 0 aliphatic rings. The van der Waals surface area contributed by atoms with Crippen LogP contribution in [0.25, 0.3) is 10.8 Å². The highest BCUT2D eigenvalue weighted by Gasteiger charge is 2.20. The summed E-state index contributed by atoms with van der Waals surface area (Å²) in [6.45, 7) is 4.54. The van der Waals surface area contributed by atoms with Crippen molar-refractivity contribution < 1.29 is 19.1 Å². The Morgan fingerprint density at radius 1 is 0.955 bits per heavy atom. The van der Waals surface area contributed by atoms with Crippen molar-refractivity contribution in [1.82, 2.24) is 0 Å². The van der Waals surface area contributed by atoms with E-state index in [-0.39, 0.29) is 18.0 Å². The number of carbonyl (C=O) groups excluding carboxylic acids is 2. The molecule has 2 aromatic carbocycles. The number of fused-ring (bicyclic) bond motifs is 1. The van der Waals surface area contributed by atoms with E-state index in [4.69, 9.17) is 9.47 Å². The Hall–Kier alpha value is -2.36. The predicted octanol–water partition coefficient (Wildman–Crippen LogP) is 3.79. The molecule has 4 nitrogen and oxygen atoms in total. The summed E-state index contributed by atoms with van der Waals surface area (Å²) in [5, 5.41) is 2.21. The average molecular weight is 300 g/mol. The van der Waals surface area contributed by atoms with Crippen LogP contribution in [0.2, 0.25) is 0 Å². The molecule has 0 fully saturated rings. The largest absolute Gasteiger partial charge is 0.463 e. The normalized spacial score (nSPS) is 13.4. The molecule has 116 valence electrons. The number of esters is 2. The van der Waals surface area contributed by atoms with E-state index in [1.807, 2.05) is 42.5 Å². The van der Waals surface area contributed by atoms with Crippen LogP contribution in [0.5, 0.6) is 0 Å². The van der Waals surface area contributed by atoms with Gasteiger partial charge in [-0.05, 0) is 29.3 Å². The third-order valence-corrected chi connectivity index (χ3v) is 3.37. The van der Waals surface area contributed by atoms with Gasteiger partial charge in [0.05, 0.1) is 0 Å². The lowest BCUT2D eigenvalue weighted by Gasteiger charge is -2.21. The van der Waals surface area contributed by atoms with E-state index in [0.717, 1.165) is 16.3 Å². The van der Waals surface area contributed by atoms with Gasteiger partial charge in [0.25, 0.3) is 0 Å². The van der Waals surface area contributed by atoms with Crippen LogP contribution in [0.15, 0.2) is 42.5 Å². The Morgan fingerprint density at radius 3 is 2.23 bits per heavy atom. The van der Waals surface area contributed by atoms with Crippen molar-refractivity contribution in [2.45, 2.75) is 39.4 Å². The van der Waals surface area contributed by atoms with E-state index in [2.05, 4.69) is 0 Å². The maximum Gasteiger partial charge on any atom is 0.303 e. The van der Waals surface area contributed by atoms with Gasteiger partial charge in [-0.25, -0.2) is 0 Å². The smallest absolute Gasteiger partial charge is 0.303 e. The molecule has 0 heterocycles. The summed E-state index contributed by atoms with van der Waals surface area (Å²) < 4.78 is 10.5. The van der Waals surface area contributed by atoms with Crippen molar-refractivity contribution in [1.29, 1.82) is 0 Å². The number of hydrogen-bond donors (Lipinski definition) is 0. The molecule has 0 unspecified atom stereocenters. The molecule has 0 aliphatic carbocycles. The van der Waals surface area contributed by atoms with Gasteiger partial charge in [-0.3, -0.25) is 9.59 Å². The maximum atomic E-state index is 11.4. The van der Waals surface area contributed by atoms with Crippen molar-refractivity contribution in [2.24, 2.45) is 0 Å². The quantitative estimate of drug-likeness (QED) is 0.788. The fourth-order valence-electron chi connectivity index (χ4n) is 2.49. The minimum Gasteiger partial charge on any atom is -0.463 e. The summed E-state index contributed by atoms with van der Waals surface area (Å²) >= 11 is 0. The second-order valence-electron chi connectivity index (χ2n) is 5.36. The van der Waals surface area contributed by atoms with Crippen LogP contribution in [0.3, 0.4) is 0 Å². The van der Waals surface area contributed by atoms with Crippen LogP contribution in [0.1, 0.15) is 38.9 Å². The highest BCUT2D eigenvalue weighted by Crippen LogP contribution is 2.27. The Bertz CT molecular complexity index is 678. The minimum absolute atomic E-state index is 0.326. The van der Waals surface area contributed by atoms with Gasteiger partial charge in [0.2, 0.25) is 0 Å². The van der Waals surface area contributed by atoms with Crippen molar-refractivity contribution >= 4 is 22.7 Å². The monoisotopic (exact) mass is 300 g/mol. The zero-order valence-electron chi connectivity index (χ0n) is 13.0. The molecule has 22 heavy (non-hydrogen) atoms. The lowest BCUT2D eigenvalue weighted by atomic mass is 10.00. The van der Waals surface area contributed by atoms with Gasteiger partial charge in [0.1, 0.15) is 12.2 Å². The molecule has 0 amide bonds. The van der Waals surface area contributed by atoms with Gasteiger partial charge in [-0.15, -0.1) is 0 Å². The van der Waals surface area contributed by atoms with Crippen molar-refractivity contribution in [2.75, 3.05) is 0 Å². The Morgan fingerprint density at radius 2 is 1.59 bits per heavy atom. The summed E-state index contributed by atoms with van der Waals surface area (Å²) in [6, 6.07) is 13.9. The lowest BCUT2D eigenvalue weighted by molar-refractivity contribution is -0.152. The van der Waals surface area contributed by atoms with Crippen LogP contribution in [0.4, 0.5) is 0 Å². The lowest BCUT2D eigenvalue weighted by Crippen LogP contribution is -2.19. The predicted molar refractivity (Wildman–Crippen MR) is 84.3 cm³/mol. The van der Waals surface area contributed by atoms with Gasteiger partial charge >= 0.3 is 11.9 Å². The summed E-state index contributed by atoms with van der Waals surface area (Å²) in [6.07, 6.45) is -0.331. The SMILES string of the molecule is CC(=O)O[C@H](C)C[C@@H](OC(C)=O)c1ccc2ccccc2c1. The van der Waals surface area contributed by atoms with Gasteiger partial charge in [0.15, 0.2) is 0 Å². The fourth-order valence-corrected chi connectivity index (χ4v) is 2.49. The first-order valence-corrected chi connectivity index (χ1v) is 7.29. The zero-order valence-corrected chi connectivity index (χ0v) is 13.0. The molecule has 4 heteroatoms. The number of carbonyl (C=O) groups is 2. The average Bonchev–Trinajstić information content (AvgIpc) is 2.44. The molecule has 0 saturated carbocycles. The molecule has 2 aromatic rings. The van der Waals surface area contributed by atoms with E-state index >= 15 is 0 Å². The molecule has 0 spiro atoms. The fraction of sp³-hybridized carbons (Fsp3) is 0.333. The minimum atomic E-state index is -0.434. The van der Waals surface area contributed by atoms with Crippen molar-refractivity contribution in [3.8, 4) is 0 Å². The summed E-state index contributed by atoms with van der Waals surface area (Å²) in [4.78, 5) is 22.4. The first-order valence-electron chi connectivity index (χ1n) is 7.29. The molecule has 0 aromatic heterocycles. The van der Waals surface area contributed by atoms with Gasteiger partial charge in [0, 0.05) is 20.3 Å². The first kappa shape index (κ1) is 16.0. The molecule has 0 aliphatic heterocycles. The Kier molecular flexibility index (Phi) is 5.15.